The molecule has 0 unspecified atom stereocenters. The molecule has 0 heterocycles. The molecule has 0 aliphatic rings. The summed E-state index contributed by atoms with van der Waals surface area (Å²) in [7, 11) is -6.10. The predicted molar refractivity (Wildman–Crippen MR) is 212 cm³/mol. The van der Waals surface area contributed by atoms with Crippen LogP contribution in [0.4, 0.5) is 34.1 Å². The monoisotopic (exact) mass is 901 g/mol. The number of nitrogen functional groups attached to an aromatic ring is 1. The summed E-state index contributed by atoms with van der Waals surface area (Å²) in [6, 6.07) is 22.8. The van der Waals surface area contributed by atoms with E-state index in [4.69, 9.17) is 5.73 Å². The van der Waals surface area contributed by atoms with Crippen LogP contribution in [-0.4, -0.2) is 56.1 Å². The summed E-state index contributed by atoms with van der Waals surface area (Å²) in [6.45, 7) is 4.60. The van der Waals surface area contributed by atoms with Gasteiger partial charge in [-0.2, -0.15) is 0 Å². The first kappa shape index (κ1) is 49.8. The number of benzene rings is 5. The number of nitrogens with two attached hydrogens (primary N) is 1. The maximum absolute atomic E-state index is 12.4. The number of hydrogen-bond donors (Lipinski definition) is 7. The molecule has 307 valence electrons. The van der Waals surface area contributed by atoms with Crippen LogP contribution in [0.15, 0.2) is 139 Å². The third-order valence-corrected chi connectivity index (χ3v) is 10.6. The largest absolute Gasteiger partial charge is 1.00 e. The van der Waals surface area contributed by atoms with Crippen molar-refractivity contribution in [1.82, 2.24) is 9.44 Å². The van der Waals surface area contributed by atoms with Crippen molar-refractivity contribution in [2.24, 2.45) is 20.5 Å². The molecule has 5 aromatic rings. The van der Waals surface area contributed by atoms with Crippen molar-refractivity contribution < 1.29 is 88.2 Å². The average Bonchev–Trinajstić information content (AvgIpc) is 3.15. The standard InChI is InChI=1S/C19H22N4O5S.C17H15N5O5S.Co.Na/c1-12(2)23-29(27,28)15-9-10-17(25)16(11-15)21-22-18(13(3)24)19(26)20-14-7-5-4-6-8-14;1-19-28(26,27)12-4-5-13-10(8-12)2-6-14(18)17(13)21-20-15-7-3-11(22(24)25)9-16(15)23;;/h4-12,23-25H,1-3H3,(H,20,26);2-9,19,23H,18H2,1H3;;/q;;;+1/b18-13-,22-21?;;;. The number of hydrogen-bond acceptors (Lipinski definition) is 15. The molecular formula is C36H37CoN9NaO10S2+. The first-order valence-corrected chi connectivity index (χ1v) is 19.5. The minimum absolute atomic E-state index is 0. The van der Waals surface area contributed by atoms with Gasteiger partial charge in [0.2, 0.25) is 20.0 Å². The van der Waals surface area contributed by atoms with E-state index in [0.717, 1.165) is 18.2 Å². The first-order valence-electron chi connectivity index (χ1n) is 16.5. The number of rotatable bonds is 12. The molecule has 8 N–H and O–H groups in total. The number of para-hydroxylation sites is 1. The summed E-state index contributed by atoms with van der Waals surface area (Å²) in [6.07, 6.45) is 0. The Morgan fingerprint density at radius 3 is 2.05 bits per heavy atom. The Hall–Kier alpha value is -5.30. The molecule has 1 radical (unpaired) electrons. The number of nitro benzene ring substituents is 1. The van der Waals surface area contributed by atoms with Crippen molar-refractivity contribution >= 4 is 70.9 Å². The van der Waals surface area contributed by atoms with Crippen LogP contribution in [0.3, 0.4) is 0 Å². The van der Waals surface area contributed by atoms with E-state index in [1.807, 2.05) is 0 Å². The van der Waals surface area contributed by atoms with Crippen LogP contribution >= 0.6 is 0 Å². The molecule has 19 nitrogen and oxygen atoms in total. The Morgan fingerprint density at radius 2 is 1.46 bits per heavy atom. The number of sulfonamides is 2. The van der Waals surface area contributed by atoms with E-state index in [9.17, 15) is 47.1 Å². The fraction of sp³-hybridized carbons (Fsp3) is 0.139. The molecule has 0 spiro atoms. The van der Waals surface area contributed by atoms with Crippen molar-refractivity contribution in [2.75, 3.05) is 18.1 Å². The fourth-order valence-corrected chi connectivity index (χ4v) is 6.78. The zero-order chi connectivity index (χ0) is 42.1. The van der Waals surface area contributed by atoms with E-state index in [0.29, 0.717) is 22.1 Å². The molecule has 5 aromatic carbocycles. The number of nitrogens with zero attached hydrogens (tertiary/aromatic N) is 5. The third kappa shape index (κ3) is 13.4. The third-order valence-electron chi connectivity index (χ3n) is 7.50. The molecule has 0 aliphatic heterocycles. The number of aliphatic hydroxyl groups excluding tert-OH is 1. The summed E-state index contributed by atoms with van der Waals surface area (Å²) in [5, 5.41) is 59.5. The number of azo groups is 2. The summed E-state index contributed by atoms with van der Waals surface area (Å²) in [4.78, 5) is 22.4. The molecule has 0 atom stereocenters. The average molecular weight is 902 g/mol. The number of carbonyl (C=O) groups is 1. The summed E-state index contributed by atoms with van der Waals surface area (Å²) >= 11 is 0. The maximum atomic E-state index is 12.4. The normalized spacial score (nSPS) is 11.9. The second-order valence-corrected chi connectivity index (χ2v) is 15.7. The van der Waals surface area contributed by atoms with Gasteiger partial charge in [0.1, 0.15) is 34.3 Å². The Balaban J connectivity index is 0.000000394. The number of carbonyl (C=O) groups excluding carboxylic acids is 1. The molecular weight excluding hydrogens is 865 g/mol. The molecule has 0 bridgehead atoms. The van der Waals surface area contributed by atoms with Crippen LogP contribution in [0, 0.1) is 10.1 Å². The zero-order valence-electron chi connectivity index (χ0n) is 32.0. The van der Waals surface area contributed by atoms with Gasteiger partial charge in [0.05, 0.1) is 26.5 Å². The van der Waals surface area contributed by atoms with Crippen LogP contribution in [0.25, 0.3) is 10.8 Å². The second-order valence-electron chi connectivity index (χ2n) is 12.1. The summed E-state index contributed by atoms with van der Waals surface area (Å²) in [5.74, 6) is -1.86. The van der Waals surface area contributed by atoms with Gasteiger partial charge in [0.15, 0.2) is 5.70 Å². The molecule has 5 rings (SSSR count). The molecule has 0 fully saturated rings. The van der Waals surface area contributed by atoms with Gasteiger partial charge < -0.3 is 26.4 Å². The van der Waals surface area contributed by atoms with E-state index in [1.54, 1.807) is 62.4 Å². The number of anilines is 2. The Kier molecular flexibility index (Phi) is 18.3. The number of phenolic OH excluding ortho intramolecular Hbond substituents is 2. The van der Waals surface area contributed by atoms with Gasteiger partial charge in [-0.1, -0.05) is 30.3 Å². The van der Waals surface area contributed by atoms with Gasteiger partial charge >= 0.3 is 29.6 Å². The van der Waals surface area contributed by atoms with Crippen LogP contribution in [-0.2, 0) is 41.6 Å². The van der Waals surface area contributed by atoms with E-state index in [1.165, 1.54) is 44.3 Å². The van der Waals surface area contributed by atoms with Crippen LogP contribution in [0.1, 0.15) is 20.8 Å². The van der Waals surface area contributed by atoms with Crippen molar-refractivity contribution in [2.45, 2.75) is 36.6 Å². The van der Waals surface area contributed by atoms with Crippen molar-refractivity contribution in [3.63, 3.8) is 0 Å². The smallest absolute Gasteiger partial charge is 0.510 e. The van der Waals surface area contributed by atoms with E-state index in [2.05, 4.69) is 35.2 Å². The van der Waals surface area contributed by atoms with Gasteiger partial charge in [-0.15, -0.1) is 20.5 Å². The molecule has 0 aromatic heterocycles. The van der Waals surface area contributed by atoms with Crippen molar-refractivity contribution in [3.05, 3.63) is 119 Å². The minimum Gasteiger partial charge on any atom is -0.510 e. The number of non-ortho nitro benzene ring substituents is 1. The number of aliphatic hydroxyl groups is 1. The van der Waals surface area contributed by atoms with Crippen molar-refractivity contribution in [3.8, 4) is 11.5 Å². The molecule has 23 heteroatoms. The fourth-order valence-electron chi connectivity index (χ4n) is 4.75. The summed E-state index contributed by atoms with van der Waals surface area (Å²) in [5.41, 5.74) is 6.21. The molecule has 1 amide bonds. The topological polar surface area (TPSA) is 301 Å². The molecule has 59 heavy (non-hydrogen) atoms. The number of nitrogens with one attached hydrogen (secondary N) is 3. The maximum Gasteiger partial charge on any atom is 1.00 e. The number of allylic oxidation sites excluding steroid dienone is 1. The van der Waals surface area contributed by atoms with Crippen LogP contribution < -0.4 is 50.1 Å². The van der Waals surface area contributed by atoms with E-state index < -0.39 is 42.4 Å². The molecule has 0 saturated carbocycles. The minimum atomic E-state index is -3.81. The zero-order valence-corrected chi connectivity index (χ0v) is 36.7. The summed E-state index contributed by atoms with van der Waals surface area (Å²) < 4.78 is 53.2. The quantitative estimate of drug-likeness (QED) is 0.0179. The van der Waals surface area contributed by atoms with Gasteiger partial charge in [-0.25, -0.2) is 26.3 Å². The first-order chi connectivity index (χ1) is 26.8. The van der Waals surface area contributed by atoms with E-state index >= 15 is 0 Å². The second kappa shape index (κ2) is 21.6. The number of phenols is 2. The van der Waals surface area contributed by atoms with Gasteiger partial charge in [-0.3, -0.25) is 14.9 Å². The molecule has 0 saturated heterocycles. The molecule has 0 aliphatic carbocycles. The predicted octanol–water partition coefficient (Wildman–Crippen LogP) is 3.95. The van der Waals surface area contributed by atoms with Crippen LogP contribution in [0.5, 0.6) is 11.5 Å². The van der Waals surface area contributed by atoms with Gasteiger partial charge in [0.25, 0.3) is 11.6 Å². The SMILES string of the molecule is C/C(O)=C(/N=Nc1cc(S(=O)(=O)NC(C)C)ccc1O)C(=O)Nc1ccccc1.CNS(=O)(=O)c1ccc2c(N=Nc3ccc([N+](=O)[O-])cc3O)c(N)ccc2c1.[Co].[Na+]. The van der Waals surface area contributed by atoms with Crippen LogP contribution in [0.2, 0.25) is 0 Å². The van der Waals surface area contributed by atoms with Gasteiger partial charge in [0, 0.05) is 40.0 Å². The van der Waals surface area contributed by atoms with Gasteiger partial charge in [-0.05, 0) is 87.8 Å². The Labute approximate surface area is 371 Å². The number of amides is 1. The van der Waals surface area contributed by atoms with E-state index in [-0.39, 0.29) is 96.4 Å². The number of nitro groups is 1. The Morgan fingerprint density at radius 1 is 0.814 bits per heavy atom. The Bertz CT molecular complexity index is 2650. The van der Waals surface area contributed by atoms with Crippen molar-refractivity contribution in [1.29, 1.82) is 0 Å². The number of fused-ring (bicyclic) bond motifs is 1. The number of aromatic hydroxyl groups is 2.